The van der Waals surface area contributed by atoms with E-state index in [2.05, 4.69) is 45.4 Å². The van der Waals surface area contributed by atoms with Crippen LogP contribution in [0.4, 0.5) is 5.69 Å². The van der Waals surface area contributed by atoms with E-state index in [0.717, 1.165) is 58.9 Å². The normalized spacial score (nSPS) is 20.2. The van der Waals surface area contributed by atoms with Crippen LogP contribution in [0.3, 0.4) is 0 Å². The Morgan fingerprint density at radius 1 is 0.955 bits per heavy atom. The van der Waals surface area contributed by atoms with E-state index >= 15 is 0 Å². The fourth-order valence-electron chi connectivity index (χ4n) is 3.19. The molecule has 0 bridgehead atoms. The molecule has 0 saturated carbocycles. The Kier molecular flexibility index (Phi) is 5.29. The van der Waals surface area contributed by atoms with Crippen molar-refractivity contribution in [3.8, 4) is 0 Å². The number of carbonyl (C=O) groups is 1. The lowest BCUT2D eigenvalue weighted by Crippen LogP contribution is -2.49. The Bertz CT molecular complexity index is 465. The molecule has 0 radical (unpaired) electrons. The summed E-state index contributed by atoms with van der Waals surface area (Å²) in [6, 6.07) is 10.6. The summed E-state index contributed by atoms with van der Waals surface area (Å²) in [6.07, 6.45) is 0.658. The molecule has 1 aromatic rings. The van der Waals surface area contributed by atoms with Crippen LogP contribution in [0.2, 0.25) is 0 Å². The molecular weight excluding hydrogens is 276 g/mol. The Morgan fingerprint density at radius 3 is 2.32 bits per heavy atom. The van der Waals surface area contributed by atoms with Gasteiger partial charge in [0.2, 0.25) is 5.91 Å². The molecule has 2 saturated heterocycles. The topological polar surface area (TPSA) is 38.8 Å². The number of nitrogens with zero attached hydrogens (tertiary/aromatic N) is 3. The molecular formula is C17H26N4O. The maximum atomic E-state index is 12.2. The second-order valence-corrected chi connectivity index (χ2v) is 6.05. The highest BCUT2D eigenvalue weighted by Crippen LogP contribution is 2.15. The van der Waals surface area contributed by atoms with E-state index in [9.17, 15) is 4.79 Å². The third-order valence-corrected chi connectivity index (χ3v) is 4.61. The van der Waals surface area contributed by atoms with Crippen molar-refractivity contribution in [1.82, 2.24) is 15.1 Å². The number of hydrogen-bond donors (Lipinski definition) is 1. The SMILES string of the molecule is O=C(CCN1CCN(c2ccccc2)CC1)N1CCNCC1. The third kappa shape index (κ3) is 3.99. The van der Waals surface area contributed by atoms with Gasteiger partial charge in [0.25, 0.3) is 0 Å². The summed E-state index contributed by atoms with van der Waals surface area (Å²) in [7, 11) is 0. The first-order chi connectivity index (χ1) is 10.8. The molecule has 1 aromatic carbocycles. The van der Waals surface area contributed by atoms with E-state index in [4.69, 9.17) is 0 Å². The fourth-order valence-corrected chi connectivity index (χ4v) is 3.19. The van der Waals surface area contributed by atoms with Crippen LogP contribution >= 0.6 is 0 Å². The van der Waals surface area contributed by atoms with Gasteiger partial charge in [-0.15, -0.1) is 0 Å². The maximum Gasteiger partial charge on any atom is 0.223 e. The number of amides is 1. The predicted molar refractivity (Wildman–Crippen MR) is 89.2 cm³/mol. The van der Waals surface area contributed by atoms with Crippen molar-refractivity contribution in [1.29, 1.82) is 0 Å². The van der Waals surface area contributed by atoms with E-state index in [0.29, 0.717) is 12.3 Å². The largest absolute Gasteiger partial charge is 0.369 e. The van der Waals surface area contributed by atoms with Crippen molar-refractivity contribution in [2.75, 3.05) is 63.8 Å². The van der Waals surface area contributed by atoms with E-state index in [1.165, 1.54) is 5.69 Å². The van der Waals surface area contributed by atoms with Gasteiger partial charge in [0.15, 0.2) is 0 Å². The Morgan fingerprint density at radius 2 is 1.64 bits per heavy atom. The fraction of sp³-hybridized carbons (Fsp3) is 0.588. The minimum atomic E-state index is 0.312. The molecule has 3 rings (SSSR count). The molecule has 5 nitrogen and oxygen atoms in total. The average molecular weight is 302 g/mol. The molecule has 0 aliphatic carbocycles. The lowest BCUT2D eigenvalue weighted by Gasteiger charge is -2.36. The summed E-state index contributed by atoms with van der Waals surface area (Å²) >= 11 is 0. The average Bonchev–Trinajstić information content (AvgIpc) is 2.61. The summed E-state index contributed by atoms with van der Waals surface area (Å²) < 4.78 is 0. The number of rotatable bonds is 4. The lowest BCUT2D eigenvalue weighted by atomic mass is 10.2. The Labute approximate surface area is 132 Å². The van der Waals surface area contributed by atoms with Crippen molar-refractivity contribution >= 4 is 11.6 Å². The molecule has 22 heavy (non-hydrogen) atoms. The zero-order valence-electron chi connectivity index (χ0n) is 13.2. The second-order valence-electron chi connectivity index (χ2n) is 6.05. The molecule has 120 valence electrons. The van der Waals surface area contributed by atoms with Gasteiger partial charge in [0.05, 0.1) is 0 Å². The van der Waals surface area contributed by atoms with Crippen molar-refractivity contribution in [2.45, 2.75) is 6.42 Å². The van der Waals surface area contributed by atoms with Crippen LogP contribution in [0, 0.1) is 0 Å². The van der Waals surface area contributed by atoms with Gasteiger partial charge in [-0.2, -0.15) is 0 Å². The molecule has 5 heteroatoms. The molecule has 2 aliphatic rings. The molecule has 2 aliphatic heterocycles. The van der Waals surface area contributed by atoms with E-state index in [-0.39, 0.29) is 0 Å². The van der Waals surface area contributed by atoms with Gasteiger partial charge in [0.1, 0.15) is 0 Å². The molecule has 0 aromatic heterocycles. The molecule has 1 amide bonds. The zero-order valence-corrected chi connectivity index (χ0v) is 13.2. The minimum absolute atomic E-state index is 0.312. The molecule has 1 N–H and O–H groups in total. The van der Waals surface area contributed by atoms with Gasteiger partial charge < -0.3 is 15.1 Å². The van der Waals surface area contributed by atoms with Crippen LogP contribution in [0.15, 0.2) is 30.3 Å². The van der Waals surface area contributed by atoms with Crippen molar-refractivity contribution in [3.63, 3.8) is 0 Å². The highest BCUT2D eigenvalue weighted by Gasteiger charge is 2.20. The maximum absolute atomic E-state index is 12.2. The van der Waals surface area contributed by atoms with E-state index < -0.39 is 0 Å². The summed E-state index contributed by atoms with van der Waals surface area (Å²) in [4.78, 5) is 19.0. The number of benzene rings is 1. The first-order valence-corrected chi connectivity index (χ1v) is 8.34. The van der Waals surface area contributed by atoms with Gasteiger partial charge in [-0.05, 0) is 12.1 Å². The van der Waals surface area contributed by atoms with Gasteiger partial charge >= 0.3 is 0 Å². The Hall–Kier alpha value is -1.59. The highest BCUT2D eigenvalue weighted by atomic mass is 16.2. The van der Waals surface area contributed by atoms with Crippen LogP contribution in [0.1, 0.15) is 6.42 Å². The van der Waals surface area contributed by atoms with Gasteiger partial charge in [-0.25, -0.2) is 0 Å². The molecule has 0 spiro atoms. The van der Waals surface area contributed by atoms with Gasteiger partial charge in [-0.1, -0.05) is 18.2 Å². The smallest absolute Gasteiger partial charge is 0.223 e. The van der Waals surface area contributed by atoms with Crippen molar-refractivity contribution in [2.24, 2.45) is 0 Å². The number of nitrogens with one attached hydrogen (secondary N) is 1. The first-order valence-electron chi connectivity index (χ1n) is 8.34. The zero-order chi connectivity index (χ0) is 15.2. The number of piperazine rings is 2. The lowest BCUT2D eigenvalue weighted by molar-refractivity contribution is -0.132. The van der Waals surface area contributed by atoms with Crippen LogP contribution in [-0.4, -0.2) is 74.6 Å². The summed E-state index contributed by atoms with van der Waals surface area (Å²) in [5.41, 5.74) is 1.30. The van der Waals surface area contributed by atoms with Gasteiger partial charge in [0, 0.05) is 71.0 Å². The molecule has 0 atom stereocenters. The molecule has 2 fully saturated rings. The molecule has 2 heterocycles. The summed E-state index contributed by atoms with van der Waals surface area (Å²) in [5.74, 6) is 0.312. The second kappa shape index (κ2) is 7.61. The Balaban J connectivity index is 1.39. The number of para-hydroxylation sites is 1. The highest BCUT2D eigenvalue weighted by molar-refractivity contribution is 5.76. The first kappa shape index (κ1) is 15.3. The standard InChI is InChI=1S/C17H26N4O/c22-17(21-10-7-18-8-11-21)6-9-19-12-14-20(15-13-19)16-4-2-1-3-5-16/h1-5,18H,6-15H2. The van der Waals surface area contributed by atoms with Crippen LogP contribution < -0.4 is 10.2 Å². The minimum Gasteiger partial charge on any atom is -0.369 e. The van der Waals surface area contributed by atoms with Crippen molar-refractivity contribution < 1.29 is 4.79 Å². The number of hydrogen-bond acceptors (Lipinski definition) is 4. The van der Waals surface area contributed by atoms with Crippen LogP contribution in [-0.2, 0) is 4.79 Å². The van der Waals surface area contributed by atoms with E-state index in [1.54, 1.807) is 0 Å². The van der Waals surface area contributed by atoms with Crippen LogP contribution in [0.5, 0.6) is 0 Å². The summed E-state index contributed by atoms with van der Waals surface area (Å²) in [6.45, 7) is 8.67. The van der Waals surface area contributed by atoms with Crippen molar-refractivity contribution in [3.05, 3.63) is 30.3 Å². The third-order valence-electron chi connectivity index (χ3n) is 4.61. The molecule has 0 unspecified atom stereocenters. The number of carbonyl (C=O) groups excluding carboxylic acids is 1. The number of anilines is 1. The predicted octanol–water partition coefficient (Wildman–Crippen LogP) is 0.631. The van der Waals surface area contributed by atoms with Gasteiger partial charge in [-0.3, -0.25) is 9.69 Å². The van der Waals surface area contributed by atoms with Crippen LogP contribution in [0.25, 0.3) is 0 Å². The van der Waals surface area contributed by atoms with E-state index in [1.807, 2.05) is 4.90 Å². The quantitative estimate of drug-likeness (QED) is 0.885. The summed E-state index contributed by atoms with van der Waals surface area (Å²) in [5, 5.41) is 3.29. The monoisotopic (exact) mass is 302 g/mol.